The summed E-state index contributed by atoms with van der Waals surface area (Å²) in [6.07, 6.45) is 5.13. The Morgan fingerprint density at radius 2 is 2.21 bits per heavy atom. The van der Waals surface area contributed by atoms with E-state index in [4.69, 9.17) is 0 Å². The molecule has 1 amide bonds. The average molecular weight is 386 g/mol. The number of hydrogen-bond acceptors (Lipinski definition) is 4. The molecule has 2 aliphatic heterocycles. The molecule has 2 fully saturated rings. The summed E-state index contributed by atoms with van der Waals surface area (Å²) in [4.78, 5) is 14.3. The summed E-state index contributed by atoms with van der Waals surface area (Å²) in [5, 5.41) is 9.65. The van der Waals surface area contributed by atoms with E-state index in [-0.39, 0.29) is 36.8 Å². The third-order valence-electron chi connectivity index (χ3n) is 4.25. The van der Waals surface area contributed by atoms with Crippen molar-refractivity contribution < 1.29 is 13.6 Å². The fraction of sp³-hybridized carbons (Fsp3) is 0.714. The number of anilines is 1. The maximum atomic E-state index is 13.2. The zero-order valence-electron chi connectivity index (χ0n) is 13.4. The van der Waals surface area contributed by atoms with Gasteiger partial charge in [0.15, 0.2) is 0 Å². The molecule has 10 heteroatoms. The maximum absolute atomic E-state index is 13.2. The predicted molar refractivity (Wildman–Crippen MR) is 92.4 cm³/mol. The Morgan fingerprint density at radius 1 is 1.46 bits per heavy atom. The Kier molecular flexibility index (Phi) is 7.25. The van der Waals surface area contributed by atoms with Crippen LogP contribution in [0.1, 0.15) is 19.3 Å². The predicted octanol–water partition coefficient (Wildman–Crippen LogP) is 1.35. The lowest BCUT2D eigenvalue weighted by Crippen LogP contribution is -2.51. The normalized spacial score (nSPS) is 25.5. The number of nitrogens with zero attached hydrogens (tertiary/aromatic N) is 3. The number of alkyl halides is 2. The van der Waals surface area contributed by atoms with Crippen molar-refractivity contribution in [2.24, 2.45) is 7.05 Å². The quantitative estimate of drug-likeness (QED) is 0.824. The van der Waals surface area contributed by atoms with Gasteiger partial charge in [-0.05, 0) is 12.8 Å². The van der Waals surface area contributed by atoms with Crippen LogP contribution in [-0.2, 0) is 11.8 Å². The molecule has 0 aromatic carbocycles. The largest absolute Gasteiger partial charge is 0.367 e. The first-order chi connectivity index (χ1) is 10.4. The third-order valence-corrected chi connectivity index (χ3v) is 4.25. The molecule has 0 saturated carbocycles. The minimum atomic E-state index is -2.78. The van der Waals surface area contributed by atoms with E-state index in [1.165, 1.54) is 0 Å². The van der Waals surface area contributed by atoms with Gasteiger partial charge < -0.3 is 10.2 Å². The van der Waals surface area contributed by atoms with Gasteiger partial charge in [0, 0.05) is 38.8 Å². The third kappa shape index (κ3) is 4.94. The highest BCUT2D eigenvalue weighted by Gasteiger charge is 2.42. The molecule has 138 valence electrons. The number of piperidine rings is 1. The number of hydrogen-bond donors (Lipinski definition) is 2. The number of carbonyl (C=O) groups is 1. The number of nitrogens with one attached hydrogen (secondary N) is 2. The molecule has 24 heavy (non-hydrogen) atoms. The number of carbonyl (C=O) groups excluding carboxylic acids is 1. The maximum Gasteiger partial charge on any atom is 0.262 e. The minimum Gasteiger partial charge on any atom is -0.367 e. The Labute approximate surface area is 152 Å². The second kappa shape index (κ2) is 8.31. The van der Waals surface area contributed by atoms with Gasteiger partial charge in [-0.2, -0.15) is 5.10 Å². The van der Waals surface area contributed by atoms with Crippen molar-refractivity contribution >= 4 is 36.4 Å². The molecule has 2 N–H and O–H groups in total. The van der Waals surface area contributed by atoms with Crippen molar-refractivity contribution in [3.8, 4) is 0 Å². The number of rotatable bonds is 3. The second-order valence-electron chi connectivity index (χ2n) is 6.16. The average Bonchev–Trinajstić information content (AvgIpc) is 3.05. The Bertz CT molecular complexity index is 557. The van der Waals surface area contributed by atoms with E-state index in [2.05, 4.69) is 20.6 Å². The van der Waals surface area contributed by atoms with Gasteiger partial charge in [0.1, 0.15) is 0 Å². The van der Waals surface area contributed by atoms with Gasteiger partial charge in [-0.3, -0.25) is 14.8 Å². The number of aromatic nitrogens is 2. The van der Waals surface area contributed by atoms with Crippen LogP contribution < -0.4 is 15.5 Å². The first-order valence-corrected chi connectivity index (χ1v) is 7.58. The smallest absolute Gasteiger partial charge is 0.262 e. The summed E-state index contributed by atoms with van der Waals surface area (Å²) in [6.45, 7) is 1.18. The topological polar surface area (TPSA) is 62.2 Å². The zero-order valence-corrected chi connectivity index (χ0v) is 15.0. The van der Waals surface area contributed by atoms with Crippen LogP contribution in [0.3, 0.4) is 0 Å². The monoisotopic (exact) mass is 385 g/mol. The summed E-state index contributed by atoms with van der Waals surface area (Å²) in [5.74, 6) is -3.11. The van der Waals surface area contributed by atoms with E-state index in [9.17, 15) is 13.6 Å². The molecule has 6 nitrogen and oxygen atoms in total. The highest BCUT2D eigenvalue weighted by atomic mass is 35.5. The van der Waals surface area contributed by atoms with Gasteiger partial charge in [-0.1, -0.05) is 0 Å². The lowest BCUT2D eigenvalue weighted by atomic mass is 10.0. The zero-order chi connectivity index (χ0) is 15.7. The second-order valence-corrected chi connectivity index (χ2v) is 6.16. The van der Waals surface area contributed by atoms with Crippen LogP contribution in [-0.4, -0.2) is 53.3 Å². The Balaban J connectivity index is 0.00000144. The van der Waals surface area contributed by atoms with Crippen molar-refractivity contribution in [2.75, 3.05) is 24.5 Å². The first kappa shape index (κ1) is 20.9. The van der Waals surface area contributed by atoms with Crippen LogP contribution in [0, 0.1) is 0 Å². The van der Waals surface area contributed by atoms with Gasteiger partial charge >= 0.3 is 0 Å². The molecule has 2 unspecified atom stereocenters. The van der Waals surface area contributed by atoms with Gasteiger partial charge in [0.25, 0.3) is 5.92 Å². The molecule has 1 aromatic heterocycles. The van der Waals surface area contributed by atoms with Crippen molar-refractivity contribution in [1.82, 2.24) is 20.4 Å². The van der Waals surface area contributed by atoms with E-state index in [1.807, 2.05) is 13.2 Å². The van der Waals surface area contributed by atoms with Crippen LogP contribution in [0.15, 0.2) is 12.4 Å². The number of aryl methyl sites for hydroxylation is 1. The van der Waals surface area contributed by atoms with Crippen molar-refractivity contribution in [1.29, 1.82) is 0 Å². The molecule has 0 aliphatic carbocycles. The highest BCUT2D eigenvalue weighted by Crippen LogP contribution is 2.25. The van der Waals surface area contributed by atoms with Crippen molar-refractivity contribution in [3.63, 3.8) is 0 Å². The molecular weight excluding hydrogens is 363 g/mol. The highest BCUT2D eigenvalue weighted by molar-refractivity contribution is 5.85. The SMILES string of the molecule is Cl.Cl.Cn1cc(N2CCCC(NC(=O)C3CC(F)(F)CN3)C2)cn1. The molecular formula is C14H23Cl2F2N5O. The fourth-order valence-corrected chi connectivity index (χ4v) is 3.10. The molecule has 3 heterocycles. The van der Waals surface area contributed by atoms with E-state index < -0.39 is 24.9 Å². The van der Waals surface area contributed by atoms with Crippen LogP contribution in [0.4, 0.5) is 14.5 Å². The van der Waals surface area contributed by atoms with Crippen LogP contribution >= 0.6 is 24.8 Å². The van der Waals surface area contributed by atoms with Crippen molar-refractivity contribution in [2.45, 2.75) is 37.3 Å². The molecule has 0 bridgehead atoms. The van der Waals surface area contributed by atoms with E-state index in [0.29, 0.717) is 6.54 Å². The van der Waals surface area contributed by atoms with Gasteiger partial charge in [-0.25, -0.2) is 8.78 Å². The van der Waals surface area contributed by atoms with E-state index in [1.54, 1.807) is 10.9 Å². The number of amides is 1. The summed E-state index contributed by atoms with van der Waals surface area (Å²) >= 11 is 0. The Hall–Kier alpha value is -1.12. The molecule has 1 aromatic rings. The lowest BCUT2D eigenvalue weighted by molar-refractivity contribution is -0.124. The minimum absolute atomic E-state index is 0. The molecule has 0 spiro atoms. The van der Waals surface area contributed by atoms with Crippen molar-refractivity contribution in [3.05, 3.63) is 12.4 Å². The standard InChI is InChI=1S/C14H21F2N5O.2ClH/c1-20-8-11(6-18-20)21-4-2-3-10(7-21)19-13(22)12-5-14(15,16)9-17-12;;/h6,8,10,12,17H,2-5,7,9H2,1H3,(H,19,22);2*1H. The molecule has 2 saturated heterocycles. The van der Waals surface area contributed by atoms with Gasteiger partial charge in [0.2, 0.25) is 5.91 Å². The Morgan fingerprint density at radius 3 is 2.79 bits per heavy atom. The summed E-state index contributed by atoms with van der Waals surface area (Å²) in [5.41, 5.74) is 1.02. The summed E-state index contributed by atoms with van der Waals surface area (Å²) in [6, 6.07) is -0.804. The summed E-state index contributed by atoms with van der Waals surface area (Å²) in [7, 11) is 1.86. The fourth-order valence-electron chi connectivity index (χ4n) is 3.10. The number of halogens is 4. The molecule has 2 aliphatic rings. The van der Waals surface area contributed by atoms with Crippen LogP contribution in [0.25, 0.3) is 0 Å². The lowest BCUT2D eigenvalue weighted by Gasteiger charge is -2.34. The first-order valence-electron chi connectivity index (χ1n) is 7.58. The van der Waals surface area contributed by atoms with E-state index in [0.717, 1.165) is 25.1 Å². The summed E-state index contributed by atoms with van der Waals surface area (Å²) < 4.78 is 28.1. The molecule has 0 radical (unpaired) electrons. The van der Waals surface area contributed by atoms with Crippen LogP contribution in [0.2, 0.25) is 0 Å². The molecule has 2 atom stereocenters. The van der Waals surface area contributed by atoms with Crippen LogP contribution in [0.5, 0.6) is 0 Å². The molecule has 3 rings (SSSR count). The van der Waals surface area contributed by atoms with E-state index >= 15 is 0 Å². The van der Waals surface area contributed by atoms with Gasteiger partial charge in [-0.15, -0.1) is 24.8 Å². The van der Waals surface area contributed by atoms with Gasteiger partial charge in [0.05, 0.1) is 24.5 Å².